The van der Waals surface area contributed by atoms with Gasteiger partial charge in [-0.25, -0.2) is 0 Å². The molecule has 12 heavy (non-hydrogen) atoms. The second-order valence-corrected chi connectivity index (χ2v) is 4.64. The SMILES string of the molecule is CC(C)CC[C@@H](C)CNC(C)C. The zero-order valence-electron chi connectivity index (χ0n) is 9.35. The third-order valence-corrected chi connectivity index (χ3v) is 2.11. The quantitative estimate of drug-likeness (QED) is 0.647. The van der Waals surface area contributed by atoms with Crippen molar-refractivity contribution in [2.75, 3.05) is 6.54 Å². The van der Waals surface area contributed by atoms with Crippen LogP contribution in [-0.2, 0) is 0 Å². The van der Waals surface area contributed by atoms with Crippen LogP contribution in [0.15, 0.2) is 0 Å². The Hall–Kier alpha value is -0.0400. The van der Waals surface area contributed by atoms with Gasteiger partial charge >= 0.3 is 0 Å². The molecule has 0 rings (SSSR count). The Morgan fingerprint density at radius 3 is 1.92 bits per heavy atom. The second-order valence-electron chi connectivity index (χ2n) is 4.64. The molecule has 0 saturated heterocycles. The van der Waals surface area contributed by atoms with E-state index in [1.165, 1.54) is 19.4 Å². The minimum absolute atomic E-state index is 0.631. The number of nitrogens with one attached hydrogen (secondary N) is 1. The van der Waals surface area contributed by atoms with Crippen LogP contribution in [0, 0.1) is 11.8 Å². The van der Waals surface area contributed by atoms with Gasteiger partial charge in [0.05, 0.1) is 0 Å². The van der Waals surface area contributed by atoms with E-state index in [4.69, 9.17) is 0 Å². The summed E-state index contributed by atoms with van der Waals surface area (Å²) in [6, 6.07) is 0.631. The first-order valence-corrected chi connectivity index (χ1v) is 5.25. The van der Waals surface area contributed by atoms with Gasteiger partial charge in [0.2, 0.25) is 0 Å². The molecule has 1 heteroatoms. The molecule has 0 radical (unpaired) electrons. The Bertz CT molecular complexity index is 85.2. The van der Waals surface area contributed by atoms with Gasteiger partial charge in [0.1, 0.15) is 0 Å². The molecule has 0 spiro atoms. The molecule has 0 heterocycles. The molecule has 0 aromatic heterocycles. The van der Waals surface area contributed by atoms with Crippen molar-refractivity contribution >= 4 is 0 Å². The molecule has 0 fully saturated rings. The Labute approximate surface area is 77.9 Å². The summed E-state index contributed by atoms with van der Waals surface area (Å²) in [5.74, 6) is 1.68. The molecule has 0 aliphatic carbocycles. The standard InChI is InChI=1S/C11H25N/c1-9(2)6-7-11(5)8-12-10(3)4/h9-12H,6-8H2,1-5H3/t11-/m1/s1. The Kier molecular flexibility index (Phi) is 6.45. The third-order valence-electron chi connectivity index (χ3n) is 2.11. The highest BCUT2D eigenvalue weighted by Crippen LogP contribution is 2.10. The summed E-state index contributed by atoms with van der Waals surface area (Å²) >= 11 is 0. The molecule has 0 aromatic rings. The maximum atomic E-state index is 3.47. The molecule has 0 aliphatic heterocycles. The van der Waals surface area contributed by atoms with Gasteiger partial charge in [0.25, 0.3) is 0 Å². The van der Waals surface area contributed by atoms with Gasteiger partial charge in [-0.15, -0.1) is 0 Å². The molecule has 0 saturated carbocycles. The third kappa shape index (κ3) is 8.06. The molecular weight excluding hydrogens is 146 g/mol. The first-order chi connectivity index (χ1) is 5.52. The normalized spacial score (nSPS) is 14.2. The fourth-order valence-corrected chi connectivity index (χ4v) is 1.16. The van der Waals surface area contributed by atoms with Gasteiger partial charge in [0, 0.05) is 6.04 Å². The van der Waals surface area contributed by atoms with Crippen molar-refractivity contribution in [2.45, 2.75) is 53.5 Å². The first kappa shape index (κ1) is 12.0. The van der Waals surface area contributed by atoms with E-state index in [1.54, 1.807) is 0 Å². The van der Waals surface area contributed by atoms with E-state index in [9.17, 15) is 0 Å². The van der Waals surface area contributed by atoms with Gasteiger partial charge < -0.3 is 5.32 Å². The van der Waals surface area contributed by atoms with Crippen molar-refractivity contribution in [1.29, 1.82) is 0 Å². The zero-order chi connectivity index (χ0) is 9.56. The lowest BCUT2D eigenvalue weighted by molar-refractivity contribution is 0.412. The molecule has 74 valence electrons. The maximum absolute atomic E-state index is 3.47. The van der Waals surface area contributed by atoms with E-state index in [1.807, 2.05) is 0 Å². The smallest absolute Gasteiger partial charge is 0.00104 e. The van der Waals surface area contributed by atoms with E-state index >= 15 is 0 Å². The first-order valence-electron chi connectivity index (χ1n) is 5.25. The summed E-state index contributed by atoms with van der Waals surface area (Å²) in [7, 11) is 0. The van der Waals surface area contributed by atoms with E-state index < -0.39 is 0 Å². The Morgan fingerprint density at radius 1 is 0.917 bits per heavy atom. The summed E-state index contributed by atoms with van der Waals surface area (Å²) in [6.45, 7) is 12.5. The fraction of sp³-hybridized carbons (Fsp3) is 1.00. The highest BCUT2D eigenvalue weighted by atomic mass is 14.9. The van der Waals surface area contributed by atoms with Crippen molar-refractivity contribution in [3.05, 3.63) is 0 Å². The largest absolute Gasteiger partial charge is 0.314 e. The minimum atomic E-state index is 0.631. The maximum Gasteiger partial charge on any atom is 0.00104 e. The monoisotopic (exact) mass is 171 g/mol. The zero-order valence-corrected chi connectivity index (χ0v) is 9.35. The average molecular weight is 171 g/mol. The van der Waals surface area contributed by atoms with Crippen molar-refractivity contribution in [2.24, 2.45) is 11.8 Å². The predicted octanol–water partition coefficient (Wildman–Crippen LogP) is 3.06. The van der Waals surface area contributed by atoms with Crippen LogP contribution in [0.3, 0.4) is 0 Å². The van der Waals surface area contributed by atoms with Crippen LogP contribution in [0.25, 0.3) is 0 Å². The molecule has 1 nitrogen and oxygen atoms in total. The fourth-order valence-electron chi connectivity index (χ4n) is 1.16. The lowest BCUT2D eigenvalue weighted by Gasteiger charge is -2.15. The number of rotatable bonds is 6. The average Bonchev–Trinajstić information content (AvgIpc) is 1.96. The summed E-state index contributed by atoms with van der Waals surface area (Å²) < 4.78 is 0. The predicted molar refractivity (Wildman–Crippen MR) is 56.4 cm³/mol. The Balaban J connectivity index is 3.27. The molecule has 0 aliphatic rings. The molecule has 0 aromatic carbocycles. The molecular formula is C11H25N. The summed E-state index contributed by atoms with van der Waals surface area (Å²) in [4.78, 5) is 0. The lowest BCUT2D eigenvalue weighted by Crippen LogP contribution is -2.27. The van der Waals surface area contributed by atoms with E-state index in [2.05, 4.69) is 39.9 Å². The van der Waals surface area contributed by atoms with Crippen LogP contribution >= 0.6 is 0 Å². The van der Waals surface area contributed by atoms with E-state index in [-0.39, 0.29) is 0 Å². The van der Waals surface area contributed by atoms with Gasteiger partial charge in [-0.1, -0.05) is 41.0 Å². The van der Waals surface area contributed by atoms with Crippen LogP contribution < -0.4 is 5.32 Å². The van der Waals surface area contributed by atoms with Crippen LogP contribution in [0.5, 0.6) is 0 Å². The van der Waals surface area contributed by atoms with Crippen LogP contribution in [-0.4, -0.2) is 12.6 Å². The van der Waals surface area contributed by atoms with Crippen LogP contribution in [0.2, 0.25) is 0 Å². The van der Waals surface area contributed by atoms with Crippen LogP contribution in [0.4, 0.5) is 0 Å². The van der Waals surface area contributed by atoms with Crippen LogP contribution in [0.1, 0.15) is 47.5 Å². The van der Waals surface area contributed by atoms with Crippen molar-refractivity contribution in [1.82, 2.24) is 5.32 Å². The van der Waals surface area contributed by atoms with Crippen molar-refractivity contribution in [3.63, 3.8) is 0 Å². The van der Waals surface area contributed by atoms with Crippen molar-refractivity contribution < 1.29 is 0 Å². The van der Waals surface area contributed by atoms with Gasteiger partial charge in [-0.05, 0) is 24.8 Å². The summed E-state index contributed by atoms with van der Waals surface area (Å²) in [6.07, 6.45) is 2.72. The topological polar surface area (TPSA) is 12.0 Å². The second kappa shape index (κ2) is 6.47. The number of hydrogen-bond acceptors (Lipinski definition) is 1. The minimum Gasteiger partial charge on any atom is -0.314 e. The molecule has 1 atom stereocenters. The summed E-state index contributed by atoms with van der Waals surface area (Å²) in [5.41, 5.74) is 0. The van der Waals surface area contributed by atoms with E-state index in [0.717, 1.165) is 11.8 Å². The van der Waals surface area contributed by atoms with E-state index in [0.29, 0.717) is 6.04 Å². The van der Waals surface area contributed by atoms with Gasteiger partial charge in [-0.2, -0.15) is 0 Å². The van der Waals surface area contributed by atoms with Gasteiger partial charge in [-0.3, -0.25) is 0 Å². The molecule has 1 N–H and O–H groups in total. The highest BCUT2D eigenvalue weighted by molar-refractivity contribution is 4.60. The summed E-state index contributed by atoms with van der Waals surface area (Å²) in [5, 5.41) is 3.47. The van der Waals surface area contributed by atoms with Gasteiger partial charge in [0.15, 0.2) is 0 Å². The number of hydrogen-bond donors (Lipinski definition) is 1. The lowest BCUT2D eigenvalue weighted by atomic mass is 9.99. The molecule has 0 amide bonds. The highest BCUT2D eigenvalue weighted by Gasteiger charge is 2.03. The Morgan fingerprint density at radius 2 is 1.50 bits per heavy atom. The van der Waals surface area contributed by atoms with Crippen molar-refractivity contribution in [3.8, 4) is 0 Å². The molecule has 0 bridgehead atoms. The molecule has 0 unspecified atom stereocenters.